The third kappa shape index (κ3) is 11.8. The highest BCUT2D eigenvalue weighted by atomic mass is 16.5. The third-order valence-electron chi connectivity index (χ3n) is 1.89. The quantitative estimate of drug-likeness (QED) is 0.473. The number of hydrogen-bond donors (Lipinski definition) is 2. The van der Waals surface area contributed by atoms with E-state index in [2.05, 4.69) is 10.6 Å². The molecule has 0 fully saturated rings. The second-order valence-electron chi connectivity index (χ2n) is 3.19. The van der Waals surface area contributed by atoms with Crippen molar-refractivity contribution in [1.29, 1.82) is 0 Å². The molecule has 0 spiro atoms. The van der Waals surface area contributed by atoms with Crippen molar-refractivity contribution in [1.82, 2.24) is 10.6 Å². The fraction of sp³-hybridized carbons (Fsp3) is 1.00. The summed E-state index contributed by atoms with van der Waals surface area (Å²) < 4.78 is 9.87. The van der Waals surface area contributed by atoms with Crippen LogP contribution in [0.3, 0.4) is 0 Å². The van der Waals surface area contributed by atoms with Crippen LogP contribution in [0.1, 0.15) is 12.8 Å². The number of nitrogens with one attached hydrogen (secondary N) is 2. The Hall–Kier alpha value is -0.160. The standard InChI is InChI=1S/C10H24N2O2/c1-13-9-4-7-11-5-3-6-12-8-10-14-2/h11-12H,3-10H2,1-2H3. The number of ether oxygens (including phenoxy) is 2. The molecule has 0 radical (unpaired) electrons. The molecule has 0 aliphatic heterocycles. The van der Waals surface area contributed by atoms with Crippen molar-refractivity contribution in [3.63, 3.8) is 0 Å². The van der Waals surface area contributed by atoms with Crippen LogP contribution < -0.4 is 10.6 Å². The van der Waals surface area contributed by atoms with E-state index in [1.807, 2.05) is 0 Å². The van der Waals surface area contributed by atoms with Gasteiger partial charge in [-0.15, -0.1) is 0 Å². The maximum Gasteiger partial charge on any atom is 0.0587 e. The lowest BCUT2D eigenvalue weighted by molar-refractivity contribution is 0.194. The predicted molar refractivity (Wildman–Crippen MR) is 58.7 cm³/mol. The van der Waals surface area contributed by atoms with Gasteiger partial charge in [0.1, 0.15) is 0 Å². The number of rotatable bonds is 11. The minimum Gasteiger partial charge on any atom is -0.385 e. The van der Waals surface area contributed by atoms with Gasteiger partial charge in [0.15, 0.2) is 0 Å². The van der Waals surface area contributed by atoms with E-state index in [1.54, 1.807) is 14.2 Å². The van der Waals surface area contributed by atoms with Crippen molar-refractivity contribution < 1.29 is 9.47 Å². The molecule has 4 heteroatoms. The summed E-state index contributed by atoms with van der Waals surface area (Å²) in [5.74, 6) is 0. The van der Waals surface area contributed by atoms with Crippen molar-refractivity contribution in [2.24, 2.45) is 0 Å². The molecule has 2 N–H and O–H groups in total. The van der Waals surface area contributed by atoms with E-state index < -0.39 is 0 Å². The van der Waals surface area contributed by atoms with E-state index in [4.69, 9.17) is 9.47 Å². The highest BCUT2D eigenvalue weighted by Crippen LogP contribution is 1.78. The van der Waals surface area contributed by atoms with Gasteiger partial charge in [-0.1, -0.05) is 0 Å². The summed E-state index contributed by atoms with van der Waals surface area (Å²) in [6, 6.07) is 0. The van der Waals surface area contributed by atoms with Gasteiger partial charge in [-0.3, -0.25) is 0 Å². The minimum absolute atomic E-state index is 0.793. The Labute approximate surface area is 87.4 Å². The van der Waals surface area contributed by atoms with E-state index in [-0.39, 0.29) is 0 Å². The van der Waals surface area contributed by atoms with Crippen molar-refractivity contribution in [2.45, 2.75) is 12.8 Å². The molecular weight excluding hydrogens is 180 g/mol. The molecule has 4 nitrogen and oxygen atoms in total. The molecule has 0 aliphatic carbocycles. The summed E-state index contributed by atoms with van der Waals surface area (Å²) in [5.41, 5.74) is 0. The van der Waals surface area contributed by atoms with E-state index >= 15 is 0 Å². The van der Waals surface area contributed by atoms with Crippen LogP contribution in [0.25, 0.3) is 0 Å². The first-order valence-corrected chi connectivity index (χ1v) is 5.31. The van der Waals surface area contributed by atoms with Crippen molar-refractivity contribution in [2.75, 3.05) is 53.6 Å². The zero-order chi connectivity index (χ0) is 10.5. The van der Waals surface area contributed by atoms with Gasteiger partial charge in [0.25, 0.3) is 0 Å². The molecule has 0 amide bonds. The van der Waals surface area contributed by atoms with E-state index in [9.17, 15) is 0 Å². The molecule has 0 heterocycles. The summed E-state index contributed by atoms with van der Waals surface area (Å²) >= 11 is 0. The predicted octanol–water partition coefficient (Wildman–Crippen LogP) is 0.239. The maximum absolute atomic E-state index is 4.95. The monoisotopic (exact) mass is 204 g/mol. The van der Waals surface area contributed by atoms with E-state index in [0.29, 0.717) is 0 Å². The zero-order valence-electron chi connectivity index (χ0n) is 9.47. The zero-order valence-corrected chi connectivity index (χ0v) is 9.47. The summed E-state index contributed by atoms with van der Waals surface area (Å²) in [5, 5.41) is 6.66. The summed E-state index contributed by atoms with van der Waals surface area (Å²) in [7, 11) is 3.46. The van der Waals surface area contributed by atoms with Crippen LogP contribution in [0.2, 0.25) is 0 Å². The third-order valence-corrected chi connectivity index (χ3v) is 1.89. The first-order chi connectivity index (χ1) is 6.91. The molecule has 0 saturated carbocycles. The van der Waals surface area contributed by atoms with E-state index in [0.717, 1.165) is 52.2 Å². The molecular formula is C10H24N2O2. The van der Waals surface area contributed by atoms with Gasteiger partial charge in [-0.2, -0.15) is 0 Å². The van der Waals surface area contributed by atoms with Gasteiger partial charge < -0.3 is 20.1 Å². The van der Waals surface area contributed by atoms with Crippen LogP contribution in [0.15, 0.2) is 0 Å². The fourth-order valence-corrected chi connectivity index (χ4v) is 1.10. The van der Waals surface area contributed by atoms with Gasteiger partial charge >= 0.3 is 0 Å². The Balaban J connectivity index is 2.78. The van der Waals surface area contributed by atoms with Gasteiger partial charge in [-0.05, 0) is 32.5 Å². The molecule has 14 heavy (non-hydrogen) atoms. The summed E-state index contributed by atoms with van der Waals surface area (Å²) in [4.78, 5) is 0. The molecule has 0 saturated heterocycles. The topological polar surface area (TPSA) is 42.5 Å². The molecule has 0 aromatic heterocycles. The highest BCUT2D eigenvalue weighted by Gasteiger charge is 1.89. The number of hydrogen-bond acceptors (Lipinski definition) is 4. The van der Waals surface area contributed by atoms with Gasteiger partial charge in [-0.25, -0.2) is 0 Å². The normalized spacial score (nSPS) is 10.7. The van der Waals surface area contributed by atoms with Crippen LogP contribution in [0.4, 0.5) is 0 Å². The lowest BCUT2D eigenvalue weighted by atomic mass is 10.4. The Bertz CT molecular complexity index is 90.1. The summed E-state index contributed by atoms with van der Waals surface area (Å²) in [6.07, 6.45) is 2.25. The minimum atomic E-state index is 0.793. The second-order valence-corrected chi connectivity index (χ2v) is 3.19. The molecule has 0 aliphatic rings. The van der Waals surface area contributed by atoms with Crippen LogP contribution in [-0.2, 0) is 9.47 Å². The van der Waals surface area contributed by atoms with Gasteiger partial charge in [0, 0.05) is 27.4 Å². The molecule has 86 valence electrons. The molecule has 0 bridgehead atoms. The van der Waals surface area contributed by atoms with Gasteiger partial charge in [0.2, 0.25) is 0 Å². The second kappa shape index (κ2) is 12.8. The lowest BCUT2D eigenvalue weighted by Crippen LogP contribution is -2.25. The first-order valence-electron chi connectivity index (χ1n) is 5.31. The average molecular weight is 204 g/mol. The first kappa shape index (κ1) is 13.8. The fourth-order valence-electron chi connectivity index (χ4n) is 1.10. The molecule has 0 unspecified atom stereocenters. The molecule has 0 aromatic rings. The van der Waals surface area contributed by atoms with Crippen molar-refractivity contribution in [3.8, 4) is 0 Å². The Morgan fingerprint density at radius 2 is 1.29 bits per heavy atom. The Morgan fingerprint density at radius 3 is 1.93 bits per heavy atom. The number of methoxy groups -OCH3 is 2. The van der Waals surface area contributed by atoms with Crippen LogP contribution in [-0.4, -0.2) is 53.6 Å². The molecule has 0 rings (SSSR count). The molecule has 0 aromatic carbocycles. The maximum atomic E-state index is 4.95. The largest absolute Gasteiger partial charge is 0.385 e. The Morgan fingerprint density at radius 1 is 0.714 bits per heavy atom. The lowest BCUT2D eigenvalue weighted by Gasteiger charge is -2.05. The van der Waals surface area contributed by atoms with Crippen molar-refractivity contribution in [3.05, 3.63) is 0 Å². The van der Waals surface area contributed by atoms with Crippen LogP contribution in [0.5, 0.6) is 0 Å². The SMILES string of the molecule is COCCCNCCCNCCOC. The van der Waals surface area contributed by atoms with Crippen molar-refractivity contribution >= 4 is 0 Å². The van der Waals surface area contributed by atoms with E-state index in [1.165, 1.54) is 0 Å². The molecule has 0 atom stereocenters. The highest BCUT2D eigenvalue weighted by molar-refractivity contribution is 4.51. The average Bonchev–Trinajstić information content (AvgIpc) is 2.21. The van der Waals surface area contributed by atoms with Crippen LogP contribution in [0, 0.1) is 0 Å². The summed E-state index contributed by atoms with van der Waals surface area (Å²) in [6.45, 7) is 5.76. The smallest absolute Gasteiger partial charge is 0.0587 e. The van der Waals surface area contributed by atoms with Crippen LogP contribution >= 0.6 is 0 Å². The van der Waals surface area contributed by atoms with Gasteiger partial charge in [0.05, 0.1) is 6.61 Å². The Kier molecular flexibility index (Phi) is 12.7.